The van der Waals surface area contributed by atoms with Gasteiger partial charge in [0.1, 0.15) is 0 Å². The number of benzene rings is 2. The number of hydrogen-bond donors (Lipinski definition) is 0. The van der Waals surface area contributed by atoms with Crippen LogP contribution in [0.3, 0.4) is 0 Å². The third-order valence-electron chi connectivity index (χ3n) is 9.60. The molecule has 7 nitrogen and oxygen atoms in total. The van der Waals surface area contributed by atoms with E-state index in [1.54, 1.807) is 0 Å². The number of aromatic nitrogens is 1. The number of hydrogen-bond acceptors (Lipinski definition) is 6. The average Bonchev–Trinajstić information content (AvgIpc) is 3.35. The highest BCUT2D eigenvalue weighted by Gasteiger charge is 2.41. The zero-order chi connectivity index (χ0) is 30.6. The summed E-state index contributed by atoms with van der Waals surface area (Å²) in [6.45, 7) is 20.4. The van der Waals surface area contributed by atoms with Crippen LogP contribution in [-0.4, -0.2) is 89.6 Å². The smallest absolute Gasteiger partial charge is 0.183 e. The van der Waals surface area contributed by atoms with E-state index in [0.717, 1.165) is 41.2 Å². The molecule has 2 aromatic carbocycles. The summed E-state index contributed by atoms with van der Waals surface area (Å²) >= 11 is 0. The van der Waals surface area contributed by atoms with E-state index in [9.17, 15) is 9.59 Å². The largest absolute Gasteiger partial charge is 0.379 e. The van der Waals surface area contributed by atoms with Crippen molar-refractivity contribution in [1.29, 1.82) is 0 Å². The molecule has 2 saturated heterocycles. The van der Waals surface area contributed by atoms with E-state index in [4.69, 9.17) is 9.47 Å². The Morgan fingerprint density at radius 2 is 1.19 bits per heavy atom. The SMILES string of the molecule is C=CCC(C)(C(=O)c1ccc2c(c1)c1cc(C(=O)C(C)(CC=C)N3CCOCC3)ccc1n2CCCC)N1CCOCC1. The van der Waals surface area contributed by atoms with E-state index in [1.807, 2.05) is 50.3 Å². The second-order valence-corrected chi connectivity index (χ2v) is 12.4. The Bertz CT molecular complexity index is 1390. The van der Waals surface area contributed by atoms with Gasteiger partial charge in [-0.2, -0.15) is 0 Å². The summed E-state index contributed by atoms with van der Waals surface area (Å²) in [5.41, 5.74) is 2.13. The molecule has 2 unspecified atom stereocenters. The Balaban J connectivity index is 1.61. The van der Waals surface area contributed by atoms with E-state index in [-0.39, 0.29) is 11.6 Å². The summed E-state index contributed by atoms with van der Waals surface area (Å²) in [5.74, 6) is 0.174. The first-order chi connectivity index (χ1) is 20.8. The molecule has 7 heteroatoms. The minimum atomic E-state index is -0.703. The van der Waals surface area contributed by atoms with E-state index in [0.29, 0.717) is 76.6 Å². The summed E-state index contributed by atoms with van der Waals surface area (Å²) in [4.78, 5) is 33.0. The molecule has 0 saturated carbocycles. The number of nitrogens with zero attached hydrogens (tertiary/aromatic N) is 3. The molecule has 3 aromatic rings. The van der Waals surface area contributed by atoms with E-state index in [2.05, 4.69) is 46.6 Å². The molecule has 2 aliphatic rings. The molecule has 0 N–H and O–H groups in total. The molecule has 0 amide bonds. The molecule has 43 heavy (non-hydrogen) atoms. The maximum Gasteiger partial charge on any atom is 0.183 e. The number of carbonyl (C=O) groups is 2. The van der Waals surface area contributed by atoms with Crippen LogP contribution in [0.15, 0.2) is 61.7 Å². The van der Waals surface area contributed by atoms with Gasteiger partial charge in [0.15, 0.2) is 11.6 Å². The molecule has 2 atom stereocenters. The summed E-state index contributed by atoms with van der Waals surface area (Å²) in [6.07, 6.45) is 6.93. The number of rotatable bonds is 13. The van der Waals surface area contributed by atoms with Crippen molar-refractivity contribution < 1.29 is 19.1 Å². The lowest BCUT2D eigenvalue weighted by Gasteiger charge is -2.41. The number of ether oxygens (including phenoxy) is 2. The zero-order valence-corrected chi connectivity index (χ0v) is 26.2. The molecule has 2 aliphatic heterocycles. The van der Waals surface area contributed by atoms with Gasteiger partial charge in [0.05, 0.1) is 37.5 Å². The second-order valence-electron chi connectivity index (χ2n) is 12.4. The van der Waals surface area contributed by atoms with E-state index < -0.39 is 11.1 Å². The summed E-state index contributed by atoms with van der Waals surface area (Å²) in [6, 6.07) is 12.2. The lowest BCUT2D eigenvalue weighted by molar-refractivity contribution is -0.00885. The van der Waals surface area contributed by atoms with E-state index in [1.165, 1.54) is 0 Å². The number of ketones is 2. The Kier molecular flexibility index (Phi) is 9.67. The lowest BCUT2D eigenvalue weighted by Crippen LogP contribution is -2.56. The molecule has 0 bridgehead atoms. The van der Waals surface area contributed by atoms with Gasteiger partial charge in [0, 0.05) is 65.7 Å². The molecule has 0 aliphatic carbocycles. The van der Waals surface area contributed by atoms with Gasteiger partial charge in [-0.15, -0.1) is 13.2 Å². The Morgan fingerprint density at radius 1 is 0.767 bits per heavy atom. The van der Waals surface area contributed by atoms with Gasteiger partial charge in [-0.3, -0.25) is 19.4 Å². The van der Waals surface area contributed by atoms with Gasteiger partial charge in [-0.25, -0.2) is 0 Å². The van der Waals surface area contributed by atoms with Gasteiger partial charge in [0.25, 0.3) is 0 Å². The minimum absolute atomic E-state index is 0.0868. The Morgan fingerprint density at radius 3 is 1.56 bits per heavy atom. The van der Waals surface area contributed by atoms with Gasteiger partial charge < -0.3 is 14.0 Å². The highest BCUT2D eigenvalue weighted by atomic mass is 16.5. The third kappa shape index (κ3) is 5.88. The topological polar surface area (TPSA) is 64.0 Å². The van der Waals surface area contributed by atoms with Crippen molar-refractivity contribution in [2.75, 3.05) is 52.6 Å². The van der Waals surface area contributed by atoms with E-state index >= 15 is 0 Å². The van der Waals surface area contributed by atoms with Gasteiger partial charge >= 0.3 is 0 Å². The number of Topliss-reactive ketones (excluding diaryl/α,β-unsaturated/α-hetero) is 2. The van der Waals surface area contributed by atoms with Crippen molar-refractivity contribution in [3.05, 3.63) is 72.8 Å². The third-order valence-corrected chi connectivity index (χ3v) is 9.60. The van der Waals surface area contributed by atoms with Crippen molar-refractivity contribution in [1.82, 2.24) is 14.4 Å². The normalized spacial score (nSPS) is 19.6. The predicted molar refractivity (Wildman–Crippen MR) is 174 cm³/mol. The molecule has 0 spiro atoms. The Labute approximate surface area is 256 Å². The second kappa shape index (κ2) is 13.3. The highest BCUT2D eigenvalue weighted by Crippen LogP contribution is 2.35. The minimum Gasteiger partial charge on any atom is -0.379 e. The fourth-order valence-corrected chi connectivity index (χ4v) is 6.97. The van der Waals surface area contributed by atoms with Crippen LogP contribution in [0, 0.1) is 0 Å². The summed E-state index contributed by atoms with van der Waals surface area (Å²) < 4.78 is 13.5. The number of morpholine rings is 2. The van der Waals surface area contributed by atoms with Crippen LogP contribution in [0.4, 0.5) is 0 Å². The van der Waals surface area contributed by atoms with Crippen LogP contribution in [0.2, 0.25) is 0 Å². The first-order valence-electron chi connectivity index (χ1n) is 15.8. The first kappa shape index (κ1) is 31.3. The van der Waals surface area contributed by atoms with Gasteiger partial charge in [-0.05, 0) is 69.5 Å². The monoisotopic (exact) mass is 585 g/mol. The molecular weight excluding hydrogens is 538 g/mol. The van der Waals surface area contributed by atoms with Crippen molar-refractivity contribution >= 4 is 33.4 Å². The predicted octanol–water partition coefficient (Wildman–Crippen LogP) is 6.29. The molecule has 5 rings (SSSR count). The van der Waals surface area contributed by atoms with Gasteiger partial charge in [0.2, 0.25) is 0 Å². The number of carbonyl (C=O) groups excluding carboxylic acids is 2. The van der Waals surface area contributed by atoms with Crippen LogP contribution in [0.25, 0.3) is 21.8 Å². The fraction of sp³-hybridized carbons (Fsp3) is 0.500. The molecule has 230 valence electrons. The zero-order valence-electron chi connectivity index (χ0n) is 26.2. The maximum absolute atomic E-state index is 14.3. The van der Waals surface area contributed by atoms with Crippen LogP contribution in [0.1, 0.15) is 67.2 Å². The highest BCUT2D eigenvalue weighted by molar-refractivity contribution is 6.15. The summed E-state index contributed by atoms with van der Waals surface area (Å²) in [5, 5.41) is 2.01. The van der Waals surface area contributed by atoms with Crippen LogP contribution in [-0.2, 0) is 16.0 Å². The lowest BCUT2D eigenvalue weighted by atomic mass is 9.84. The quantitative estimate of drug-likeness (QED) is 0.173. The van der Waals surface area contributed by atoms with Gasteiger partial charge in [-0.1, -0.05) is 25.5 Å². The molecule has 2 fully saturated rings. The van der Waals surface area contributed by atoms with Crippen molar-refractivity contribution in [2.24, 2.45) is 0 Å². The Hall–Kier alpha value is -3.10. The fourth-order valence-electron chi connectivity index (χ4n) is 6.97. The molecular formula is C36H47N3O4. The number of unbranched alkanes of at least 4 members (excludes halogenated alkanes) is 1. The van der Waals surface area contributed by atoms with Crippen LogP contribution in [0.5, 0.6) is 0 Å². The molecule has 3 heterocycles. The molecule has 0 radical (unpaired) electrons. The van der Waals surface area contributed by atoms with Crippen LogP contribution < -0.4 is 0 Å². The number of fused-ring (bicyclic) bond motifs is 3. The average molecular weight is 586 g/mol. The van der Waals surface area contributed by atoms with Crippen LogP contribution >= 0.6 is 0 Å². The van der Waals surface area contributed by atoms with Crippen molar-refractivity contribution in [3.63, 3.8) is 0 Å². The maximum atomic E-state index is 14.3. The van der Waals surface area contributed by atoms with Crippen molar-refractivity contribution in [2.45, 2.75) is 64.1 Å². The summed E-state index contributed by atoms with van der Waals surface area (Å²) in [7, 11) is 0. The van der Waals surface area contributed by atoms with Crippen molar-refractivity contribution in [3.8, 4) is 0 Å². The first-order valence-corrected chi connectivity index (χ1v) is 15.8. The molecule has 1 aromatic heterocycles. The number of aryl methyl sites for hydroxylation is 1. The standard InChI is InChI=1S/C36H47N3O4/c1-6-9-16-39-31-12-10-27(33(40)35(4,14-7-2)37-17-21-42-22-18-37)25-29(31)30-26-28(11-13-32(30)39)34(41)36(5,15-8-3)38-19-23-43-24-20-38/h7-8,10-13,25-26H,2-3,6,9,14-24H2,1,4-5H3.